The molecule has 1 amide bonds. The van der Waals surface area contributed by atoms with E-state index in [4.69, 9.17) is 22.8 Å². The standard InChI is InChI=1S/C18H14ClNO3S/c1-2-18(22)20(15(11-21)17-4-3-9-24-17)12-5-8-16(14(19)10-12)23-13-6-7-13/h1,3-5,8-11,13,15H,6-7H2. The van der Waals surface area contributed by atoms with E-state index in [0.717, 1.165) is 17.7 Å². The normalized spacial score (nSPS) is 14.5. The summed E-state index contributed by atoms with van der Waals surface area (Å²) in [6, 6.07) is 7.78. The highest BCUT2D eigenvalue weighted by Gasteiger charge is 2.28. The molecule has 1 aliphatic rings. The molecule has 3 rings (SSSR count). The van der Waals surface area contributed by atoms with Crippen molar-refractivity contribution in [3.8, 4) is 18.1 Å². The third-order valence-electron chi connectivity index (χ3n) is 3.60. The molecule has 1 fully saturated rings. The Hall–Kier alpha value is -2.29. The fourth-order valence-electron chi connectivity index (χ4n) is 2.29. The predicted molar refractivity (Wildman–Crippen MR) is 94.5 cm³/mol. The Labute approximate surface area is 149 Å². The van der Waals surface area contributed by atoms with Crippen molar-refractivity contribution in [1.82, 2.24) is 0 Å². The maximum atomic E-state index is 12.3. The van der Waals surface area contributed by atoms with Crippen molar-refractivity contribution in [2.24, 2.45) is 0 Å². The van der Waals surface area contributed by atoms with E-state index < -0.39 is 11.9 Å². The number of aldehydes is 1. The molecule has 0 saturated heterocycles. The predicted octanol–water partition coefficient (Wildman–Crippen LogP) is 3.85. The van der Waals surface area contributed by atoms with Gasteiger partial charge in [-0.25, -0.2) is 0 Å². The number of nitrogens with zero attached hydrogens (tertiary/aromatic N) is 1. The van der Waals surface area contributed by atoms with Gasteiger partial charge in [-0.15, -0.1) is 17.8 Å². The zero-order valence-corrected chi connectivity index (χ0v) is 14.2. The van der Waals surface area contributed by atoms with E-state index in [2.05, 4.69) is 5.92 Å². The molecule has 1 aromatic heterocycles. The van der Waals surface area contributed by atoms with Crippen LogP contribution in [0.15, 0.2) is 35.7 Å². The van der Waals surface area contributed by atoms with Gasteiger partial charge in [0, 0.05) is 10.6 Å². The Morgan fingerprint density at radius 1 is 1.46 bits per heavy atom. The second-order valence-corrected chi connectivity index (χ2v) is 6.73. The number of hydrogen-bond donors (Lipinski definition) is 0. The van der Waals surface area contributed by atoms with Crippen molar-refractivity contribution in [2.75, 3.05) is 4.90 Å². The van der Waals surface area contributed by atoms with Crippen molar-refractivity contribution in [2.45, 2.75) is 25.0 Å². The number of anilines is 1. The Bertz CT molecular complexity index is 793. The van der Waals surface area contributed by atoms with Crippen molar-refractivity contribution < 1.29 is 14.3 Å². The zero-order chi connectivity index (χ0) is 17.1. The minimum absolute atomic E-state index is 0.214. The van der Waals surface area contributed by atoms with Gasteiger partial charge in [-0.2, -0.15) is 0 Å². The van der Waals surface area contributed by atoms with E-state index in [1.807, 2.05) is 11.4 Å². The topological polar surface area (TPSA) is 46.6 Å². The lowest BCUT2D eigenvalue weighted by Gasteiger charge is -2.26. The van der Waals surface area contributed by atoms with E-state index in [1.165, 1.54) is 16.2 Å². The lowest BCUT2D eigenvalue weighted by atomic mass is 10.1. The fraction of sp³-hybridized carbons (Fsp3) is 0.222. The molecule has 1 aliphatic carbocycles. The van der Waals surface area contributed by atoms with Crippen LogP contribution in [0.5, 0.6) is 5.75 Å². The molecule has 1 saturated carbocycles. The Morgan fingerprint density at radius 3 is 2.79 bits per heavy atom. The maximum absolute atomic E-state index is 12.3. The van der Waals surface area contributed by atoms with Crippen molar-refractivity contribution in [3.05, 3.63) is 45.6 Å². The Kier molecular flexibility index (Phi) is 4.89. The smallest absolute Gasteiger partial charge is 0.303 e. The molecule has 0 radical (unpaired) electrons. The van der Waals surface area contributed by atoms with E-state index >= 15 is 0 Å². The molecule has 0 spiro atoms. The van der Waals surface area contributed by atoms with Crippen LogP contribution >= 0.6 is 22.9 Å². The number of carbonyl (C=O) groups excluding carboxylic acids is 2. The third-order valence-corrected chi connectivity index (χ3v) is 4.83. The lowest BCUT2D eigenvalue weighted by molar-refractivity contribution is -0.116. The van der Waals surface area contributed by atoms with E-state index in [-0.39, 0.29) is 6.10 Å². The van der Waals surface area contributed by atoms with E-state index in [1.54, 1.807) is 24.3 Å². The average Bonchev–Trinajstić information content (AvgIpc) is 3.24. The van der Waals surface area contributed by atoms with Crippen LogP contribution in [0.1, 0.15) is 23.8 Å². The van der Waals surface area contributed by atoms with Gasteiger partial charge in [0.2, 0.25) is 0 Å². The second kappa shape index (κ2) is 7.08. The number of halogens is 1. The van der Waals surface area contributed by atoms with Crippen LogP contribution in [0.4, 0.5) is 5.69 Å². The van der Waals surface area contributed by atoms with E-state index in [0.29, 0.717) is 22.7 Å². The minimum atomic E-state index is -0.792. The summed E-state index contributed by atoms with van der Waals surface area (Å²) in [5, 5.41) is 2.22. The first-order valence-electron chi connectivity index (χ1n) is 7.38. The number of benzene rings is 1. The molecular formula is C18H14ClNO3S. The van der Waals surface area contributed by atoms with Crippen molar-refractivity contribution in [3.63, 3.8) is 0 Å². The fourth-order valence-corrected chi connectivity index (χ4v) is 3.28. The summed E-state index contributed by atoms with van der Waals surface area (Å²) in [6.07, 6.45) is 8.24. The third kappa shape index (κ3) is 3.45. The van der Waals surface area contributed by atoms with Crippen LogP contribution in [-0.4, -0.2) is 18.3 Å². The van der Waals surface area contributed by atoms with Crippen LogP contribution in [0, 0.1) is 12.3 Å². The molecule has 0 aliphatic heterocycles. The molecule has 1 heterocycles. The number of ether oxygens (including phenoxy) is 1. The highest BCUT2D eigenvalue weighted by Crippen LogP contribution is 2.36. The summed E-state index contributed by atoms with van der Waals surface area (Å²) in [6.45, 7) is 0. The molecule has 0 N–H and O–H groups in total. The first kappa shape index (κ1) is 16.6. The van der Waals surface area contributed by atoms with Crippen LogP contribution in [0.25, 0.3) is 0 Å². The first-order chi connectivity index (χ1) is 11.6. The van der Waals surface area contributed by atoms with Gasteiger partial charge in [-0.05, 0) is 48.4 Å². The minimum Gasteiger partial charge on any atom is -0.489 e. The summed E-state index contributed by atoms with van der Waals surface area (Å²) in [4.78, 5) is 25.9. The van der Waals surface area contributed by atoms with Crippen LogP contribution in [-0.2, 0) is 9.59 Å². The number of terminal acetylenes is 1. The van der Waals surface area contributed by atoms with Crippen molar-refractivity contribution >= 4 is 40.8 Å². The maximum Gasteiger partial charge on any atom is 0.303 e. The summed E-state index contributed by atoms with van der Waals surface area (Å²) >= 11 is 7.64. The molecule has 4 nitrogen and oxygen atoms in total. The molecule has 6 heteroatoms. The van der Waals surface area contributed by atoms with E-state index in [9.17, 15) is 9.59 Å². The summed E-state index contributed by atoms with van der Waals surface area (Å²) in [5.74, 6) is 2.04. The molecule has 2 aromatic rings. The number of carbonyl (C=O) groups is 2. The van der Waals surface area contributed by atoms with Crippen molar-refractivity contribution in [1.29, 1.82) is 0 Å². The molecule has 1 atom stereocenters. The van der Waals surface area contributed by atoms with Gasteiger partial charge in [0.1, 0.15) is 18.1 Å². The molecule has 1 unspecified atom stereocenters. The van der Waals surface area contributed by atoms with Gasteiger partial charge < -0.3 is 9.53 Å². The van der Waals surface area contributed by atoms with Crippen LogP contribution in [0.3, 0.4) is 0 Å². The van der Waals surface area contributed by atoms with Gasteiger partial charge in [-0.1, -0.05) is 17.7 Å². The van der Waals surface area contributed by atoms with Gasteiger partial charge in [0.05, 0.1) is 11.1 Å². The SMILES string of the molecule is C#CC(=O)N(c1ccc(OC2CC2)c(Cl)c1)C(C=O)c1cccs1. The van der Waals surface area contributed by atoms with Gasteiger partial charge in [-0.3, -0.25) is 9.69 Å². The number of rotatable bonds is 6. The Balaban J connectivity index is 1.96. The molecule has 24 heavy (non-hydrogen) atoms. The number of hydrogen-bond acceptors (Lipinski definition) is 4. The molecular weight excluding hydrogens is 346 g/mol. The average molecular weight is 360 g/mol. The quantitative estimate of drug-likeness (QED) is 0.581. The Morgan fingerprint density at radius 2 is 2.25 bits per heavy atom. The number of amides is 1. The van der Waals surface area contributed by atoms with Gasteiger partial charge in [0.15, 0.2) is 0 Å². The second-order valence-electron chi connectivity index (χ2n) is 5.35. The lowest BCUT2D eigenvalue weighted by Crippen LogP contribution is -2.34. The summed E-state index contributed by atoms with van der Waals surface area (Å²) in [5.41, 5.74) is 0.455. The highest BCUT2D eigenvalue weighted by molar-refractivity contribution is 7.10. The van der Waals surface area contributed by atoms with Crippen LogP contribution < -0.4 is 9.64 Å². The van der Waals surface area contributed by atoms with Gasteiger partial charge >= 0.3 is 5.91 Å². The first-order valence-corrected chi connectivity index (χ1v) is 8.64. The molecule has 122 valence electrons. The number of thiophene rings is 1. The highest BCUT2D eigenvalue weighted by atomic mass is 35.5. The van der Waals surface area contributed by atoms with Crippen LogP contribution in [0.2, 0.25) is 5.02 Å². The molecule has 1 aromatic carbocycles. The zero-order valence-electron chi connectivity index (χ0n) is 12.6. The monoisotopic (exact) mass is 359 g/mol. The summed E-state index contributed by atoms with van der Waals surface area (Å²) < 4.78 is 5.69. The molecule has 0 bridgehead atoms. The van der Waals surface area contributed by atoms with Gasteiger partial charge in [0.25, 0.3) is 0 Å². The summed E-state index contributed by atoms with van der Waals surface area (Å²) in [7, 11) is 0. The largest absolute Gasteiger partial charge is 0.489 e.